The van der Waals surface area contributed by atoms with Crippen molar-refractivity contribution in [3.8, 4) is 17.2 Å². The molecule has 0 aliphatic carbocycles. The van der Waals surface area contributed by atoms with Crippen molar-refractivity contribution >= 4 is 35.0 Å². The van der Waals surface area contributed by atoms with Crippen LogP contribution in [0.15, 0.2) is 72.8 Å². The van der Waals surface area contributed by atoms with E-state index in [0.717, 1.165) is 11.3 Å². The summed E-state index contributed by atoms with van der Waals surface area (Å²) in [5.41, 5.74) is 2.31. The smallest absolute Gasteiger partial charge is 0.262 e. The average molecular weight is 449 g/mol. The first kappa shape index (κ1) is 20.3. The Morgan fingerprint density at radius 3 is 2.75 bits per heavy atom. The van der Waals surface area contributed by atoms with Crippen LogP contribution in [0.2, 0.25) is 0 Å². The molecule has 1 unspecified atom stereocenters. The lowest BCUT2D eigenvalue weighted by Gasteiger charge is -2.25. The third-order valence-electron chi connectivity index (χ3n) is 5.07. The zero-order valence-corrected chi connectivity index (χ0v) is 17.8. The number of ether oxygens (including phenoxy) is 3. The van der Waals surface area contributed by atoms with Crippen molar-refractivity contribution in [2.75, 3.05) is 29.4 Å². The zero-order chi connectivity index (χ0) is 21.9. The van der Waals surface area contributed by atoms with Crippen LogP contribution in [-0.2, 0) is 9.59 Å². The topological polar surface area (TPSA) is 77.1 Å². The molecule has 2 heterocycles. The summed E-state index contributed by atoms with van der Waals surface area (Å²) < 4.78 is 16.3. The monoisotopic (exact) mass is 448 g/mol. The molecule has 1 saturated heterocycles. The van der Waals surface area contributed by atoms with Crippen molar-refractivity contribution in [3.05, 3.63) is 78.4 Å². The van der Waals surface area contributed by atoms with Crippen molar-refractivity contribution in [2.45, 2.75) is 5.37 Å². The normalized spacial score (nSPS) is 16.8. The Bertz CT molecular complexity index is 1150. The number of benzene rings is 3. The highest BCUT2D eigenvalue weighted by Gasteiger charge is 2.35. The maximum atomic E-state index is 12.7. The van der Waals surface area contributed by atoms with Gasteiger partial charge >= 0.3 is 0 Å². The van der Waals surface area contributed by atoms with E-state index in [1.54, 1.807) is 28.8 Å². The van der Waals surface area contributed by atoms with Crippen LogP contribution in [0.4, 0.5) is 11.4 Å². The number of rotatable bonds is 6. The highest BCUT2D eigenvalue weighted by molar-refractivity contribution is 8.00. The molecule has 2 aliphatic heterocycles. The van der Waals surface area contributed by atoms with E-state index in [0.29, 0.717) is 28.7 Å². The fourth-order valence-corrected chi connectivity index (χ4v) is 4.78. The summed E-state index contributed by atoms with van der Waals surface area (Å²) in [4.78, 5) is 26.8. The number of amides is 2. The lowest BCUT2D eigenvalue weighted by atomic mass is 10.1. The Balaban J connectivity index is 1.30. The maximum absolute atomic E-state index is 12.7. The highest BCUT2D eigenvalue weighted by atomic mass is 32.2. The van der Waals surface area contributed by atoms with Gasteiger partial charge in [0.25, 0.3) is 5.91 Å². The first-order chi connectivity index (χ1) is 15.7. The summed E-state index contributed by atoms with van der Waals surface area (Å²) >= 11 is 1.54. The average Bonchev–Trinajstić information content (AvgIpc) is 3.44. The predicted octanol–water partition coefficient (Wildman–Crippen LogP) is 4.21. The molecule has 0 bridgehead atoms. The quantitative estimate of drug-likeness (QED) is 0.609. The van der Waals surface area contributed by atoms with Gasteiger partial charge in [-0.25, -0.2) is 0 Å². The van der Waals surface area contributed by atoms with Gasteiger partial charge in [-0.1, -0.05) is 30.3 Å². The molecule has 32 heavy (non-hydrogen) atoms. The Hall–Kier alpha value is -3.65. The molecule has 7 nitrogen and oxygen atoms in total. The van der Waals surface area contributed by atoms with Crippen molar-refractivity contribution in [2.24, 2.45) is 0 Å². The largest absolute Gasteiger partial charge is 0.484 e. The first-order valence-corrected chi connectivity index (χ1v) is 11.1. The second-order valence-corrected chi connectivity index (χ2v) is 8.31. The Morgan fingerprint density at radius 2 is 1.88 bits per heavy atom. The van der Waals surface area contributed by atoms with Crippen LogP contribution >= 0.6 is 11.8 Å². The molecule has 0 radical (unpaired) electrons. The first-order valence-electron chi connectivity index (χ1n) is 10.1. The van der Waals surface area contributed by atoms with E-state index in [1.165, 1.54) is 0 Å². The molecule has 0 aromatic heterocycles. The molecule has 8 heteroatoms. The van der Waals surface area contributed by atoms with E-state index >= 15 is 0 Å². The van der Waals surface area contributed by atoms with Crippen LogP contribution < -0.4 is 24.4 Å². The number of hydrogen-bond acceptors (Lipinski definition) is 6. The number of carbonyl (C=O) groups excluding carboxylic acids is 2. The molecule has 3 aromatic carbocycles. The summed E-state index contributed by atoms with van der Waals surface area (Å²) in [6.45, 7) is 0.0921. The van der Waals surface area contributed by atoms with Crippen molar-refractivity contribution in [3.63, 3.8) is 0 Å². The minimum atomic E-state index is -0.256. The lowest BCUT2D eigenvalue weighted by molar-refractivity contribution is -0.118. The van der Waals surface area contributed by atoms with Crippen LogP contribution in [0.1, 0.15) is 10.9 Å². The number of fused-ring (bicyclic) bond motifs is 1. The number of para-hydroxylation sites is 1. The maximum Gasteiger partial charge on any atom is 0.262 e. The van der Waals surface area contributed by atoms with Gasteiger partial charge in [-0.05, 0) is 42.0 Å². The molecule has 2 aliphatic rings. The zero-order valence-electron chi connectivity index (χ0n) is 17.0. The van der Waals surface area contributed by atoms with Gasteiger partial charge in [0.1, 0.15) is 11.1 Å². The summed E-state index contributed by atoms with van der Waals surface area (Å²) in [5.74, 6) is 2.08. The fraction of sp³-hybridized carbons (Fsp3) is 0.167. The van der Waals surface area contributed by atoms with Gasteiger partial charge in [0.2, 0.25) is 12.7 Å². The minimum Gasteiger partial charge on any atom is -0.484 e. The molecule has 1 fully saturated rings. The van der Waals surface area contributed by atoms with Gasteiger partial charge in [0.15, 0.2) is 18.1 Å². The Labute approximate surface area is 189 Å². The van der Waals surface area contributed by atoms with Crippen LogP contribution in [0.3, 0.4) is 0 Å². The molecule has 1 N–H and O–H groups in total. The van der Waals surface area contributed by atoms with Crippen LogP contribution in [0, 0.1) is 0 Å². The van der Waals surface area contributed by atoms with Crippen LogP contribution in [-0.4, -0.2) is 31.0 Å². The summed E-state index contributed by atoms with van der Waals surface area (Å²) in [6, 6.07) is 22.2. The van der Waals surface area contributed by atoms with E-state index < -0.39 is 0 Å². The molecule has 2 amide bonds. The number of thioether (sulfide) groups is 1. The number of anilines is 2. The second kappa shape index (κ2) is 8.84. The Kier molecular flexibility index (Phi) is 5.60. The fourth-order valence-electron chi connectivity index (χ4n) is 3.62. The van der Waals surface area contributed by atoms with E-state index in [1.807, 2.05) is 60.7 Å². The summed E-state index contributed by atoms with van der Waals surface area (Å²) in [5, 5.41) is 2.65. The number of nitrogens with one attached hydrogen (secondary N) is 1. The molecule has 0 spiro atoms. The molecular formula is C24H20N2O5S. The van der Waals surface area contributed by atoms with Crippen molar-refractivity contribution in [1.82, 2.24) is 0 Å². The molecular weight excluding hydrogens is 428 g/mol. The van der Waals surface area contributed by atoms with E-state index in [4.69, 9.17) is 14.2 Å². The van der Waals surface area contributed by atoms with Crippen molar-refractivity contribution < 1.29 is 23.8 Å². The minimum absolute atomic E-state index is 0.0181. The molecule has 162 valence electrons. The molecule has 0 saturated carbocycles. The SMILES string of the molecule is O=C(COc1ccccc1)Nc1cccc(C2SCC(=O)N2c2ccc3c(c2)OCO3)c1. The standard InChI is InChI=1S/C24H20N2O5S/c27-22(13-29-19-7-2-1-3-8-19)25-17-6-4-5-16(11-17)24-26(23(28)14-32-24)18-9-10-20-21(12-18)31-15-30-20/h1-12,24H,13-15H2,(H,25,27). The molecule has 1 atom stereocenters. The Morgan fingerprint density at radius 1 is 1.03 bits per heavy atom. The van der Waals surface area contributed by atoms with Gasteiger partial charge in [-0.3, -0.25) is 14.5 Å². The number of nitrogens with zero attached hydrogens (tertiary/aromatic N) is 1. The van der Waals surface area contributed by atoms with Gasteiger partial charge < -0.3 is 19.5 Å². The number of hydrogen-bond donors (Lipinski definition) is 1. The third kappa shape index (κ3) is 4.22. The van der Waals surface area contributed by atoms with Gasteiger partial charge in [-0.15, -0.1) is 11.8 Å². The summed E-state index contributed by atoms with van der Waals surface area (Å²) in [6.07, 6.45) is 0. The second-order valence-electron chi connectivity index (χ2n) is 7.24. The van der Waals surface area contributed by atoms with Crippen LogP contribution in [0.25, 0.3) is 0 Å². The van der Waals surface area contributed by atoms with Gasteiger partial charge in [0.05, 0.1) is 5.75 Å². The lowest BCUT2D eigenvalue weighted by Crippen LogP contribution is -2.27. The van der Waals surface area contributed by atoms with Gasteiger partial charge in [0, 0.05) is 17.4 Å². The van der Waals surface area contributed by atoms with Crippen molar-refractivity contribution in [1.29, 1.82) is 0 Å². The molecule has 3 aromatic rings. The predicted molar refractivity (Wildman–Crippen MR) is 122 cm³/mol. The molecule has 5 rings (SSSR count). The highest BCUT2D eigenvalue weighted by Crippen LogP contribution is 2.45. The van der Waals surface area contributed by atoms with E-state index in [-0.39, 0.29) is 30.6 Å². The van der Waals surface area contributed by atoms with E-state index in [9.17, 15) is 9.59 Å². The van der Waals surface area contributed by atoms with E-state index in [2.05, 4.69) is 5.32 Å². The third-order valence-corrected chi connectivity index (χ3v) is 6.28. The van der Waals surface area contributed by atoms with Gasteiger partial charge in [-0.2, -0.15) is 0 Å². The number of carbonyl (C=O) groups is 2. The summed E-state index contributed by atoms with van der Waals surface area (Å²) in [7, 11) is 0. The van der Waals surface area contributed by atoms with Crippen LogP contribution in [0.5, 0.6) is 17.2 Å².